The Morgan fingerprint density at radius 2 is 2.19 bits per heavy atom. The van der Waals surface area contributed by atoms with Crippen molar-refractivity contribution in [2.75, 3.05) is 11.9 Å². The summed E-state index contributed by atoms with van der Waals surface area (Å²) in [5, 5.41) is 19.9. The maximum Gasteiger partial charge on any atom is 0.337 e. The number of aromatic carboxylic acids is 1. The quantitative estimate of drug-likeness (QED) is 0.731. The molecule has 1 aromatic carbocycles. The number of sulfonamides is 1. The monoisotopic (exact) mass is 327 g/mol. The number of hydrogen-bond acceptors (Lipinski definition) is 6. The van der Waals surface area contributed by atoms with E-state index in [1.807, 2.05) is 5.38 Å². The molecule has 0 aliphatic rings. The summed E-state index contributed by atoms with van der Waals surface area (Å²) >= 11 is 1.51. The Balaban J connectivity index is 2.17. The van der Waals surface area contributed by atoms with Crippen LogP contribution in [0.4, 0.5) is 5.69 Å². The van der Waals surface area contributed by atoms with Crippen LogP contribution in [0.3, 0.4) is 0 Å². The Morgan fingerprint density at radius 1 is 1.43 bits per heavy atom. The second kappa shape index (κ2) is 6.20. The van der Waals surface area contributed by atoms with Crippen LogP contribution in [0.5, 0.6) is 0 Å². The number of thiazole rings is 1. The van der Waals surface area contributed by atoms with Gasteiger partial charge >= 0.3 is 5.97 Å². The number of carboxylic acids is 1. The number of rotatable bonds is 6. The minimum Gasteiger partial charge on any atom is -0.478 e. The lowest BCUT2D eigenvalue weighted by Crippen LogP contribution is -2.15. The number of carboxylic acid groups (broad SMARTS) is 1. The summed E-state index contributed by atoms with van der Waals surface area (Å²) in [5.41, 5.74) is 0.201. The Bertz CT molecular complexity index is 742. The molecule has 0 unspecified atom stereocenters. The third kappa shape index (κ3) is 4.00. The molecule has 0 aliphatic carbocycles. The van der Waals surface area contributed by atoms with E-state index in [9.17, 15) is 13.2 Å². The van der Waals surface area contributed by atoms with Crippen molar-refractivity contribution in [3.8, 4) is 0 Å². The number of nitrogens with zero attached hydrogens (tertiary/aromatic N) is 1. The molecule has 1 aromatic heterocycles. The zero-order chi connectivity index (χ0) is 15.5. The standard InChI is InChI=1S/C12H13N3O4S2/c13-21(18,19)8-1-2-10(9(7-8)12(16)17)14-4-3-11-15-5-6-20-11/h1-2,5-7,14H,3-4H2,(H,16,17)(H2,13,18,19). The average Bonchev–Trinajstić information content (AvgIpc) is 2.90. The zero-order valence-corrected chi connectivity index (χ0v) is 12.4. The van der Waals surface area contributed by atoms with Gasteiger partial charge in [0.05, 0.1) is 15.5 Å². The van der Waals surface area contributed by atoms with Crippen LogP contribution in [0, 0.1) is 0 Å². The molecule has 4 N–H and O–H groups in total. The van der Waals surface area contributed by atoms with E-state index in [1.54, 1.807) is 6.20 Å². The predicted molar refractivity (Wildman–Crippen MR) is 79.1 cm³/mol. The van der Waals surface area contributed by atoms with Crippen molar-refractivity contribution in [2.45, 2.75) is 11.3 Å². The normalized spacial score (nSPS) is 11.3. The smallest absolute Gasteiger partial charge is 0.337 e. The van der Waals surface area contributed by atoms with Gasteiger partial charge in [-0.15, -0.1) is 11.3 Å². The summed E-state index contributed by atoms with van der Waals surface area (Å²) in [6.45, 7) is 0.489. The van der Waals surface area contributed by atoms with Gasteiger partial charge in [0.2, 0.25) is 10.0 Å². The number of nitrogens with two attached hydrogens (primary N) is 1. The van der Waals surface area contributed by atoms with E-state index < -0.39 is 16.0 Å². The molecule has 0 radical (unpaired) electrons. The molecule has 0 spiro atoms. The van der Waals surface area contributed by atoms with E-state index in [2.05, 4.69) is 10.3 Å². The molecule has 0 saturated carbocycles. The molecule has 0 bridgehead atoms. The second-order valence-electron chi connectivity index (χ2n) is 4.16. The molecule has 0 amide bonds. The number of benzene rings is 1. The summed E-state index contributed by atoms with van der Waals surface area (Å²) in [6, 6.07) is 3.71. The SMILES string of the molecule is NS(=O)(=O)c1ccc(NCCc2nccs2)c(C(=O)O)c1. The van der Waals surface area contributed by atoms with Crippen molar-refractivity contribution in [1.82, 2.24) is 4.98 Å². The molecule has 7 nitrogen and oxygen atoms in total. The molecule has 0 fully saturated rings. The first-order valence-electron chi connectivity index (χ1n) is 5.90. The molecule has 1 heterocycles. The third-order valence-corrected chi connectivity index (χ3v) is 4.44. The maximum atomic E-state index is 11.2. The molecule has 112 valence electrons. The topological polar surface area (TPSA) is 122 Å². The van der Waals surface area contributed by atoms with Gasteiger partial charge in [-0.2, -0.15) is 0 Å². The number of aromatic nitrogens is 1. The van der Waals surface area contributed by atoms with Crippen LogP contribution in [0.25, 0.3) is 0 Å². The summed E-state index contributed by atoms with van der Waals surface area (Å²) in [6.07, 6.45) is 2.34. The number of hydrogen-bond donors (Lipinski definition) is 3. The highest BCUT2D eigenvalue weighted by molar-refractivity contribution is 7.89. The Kier molecular flexibility index (Phi) is 4.56. The van der Waals surface area contributed by atoms with Crippen molar-refractivity contribution in [1.29, 1.82) is 0 Å². The van der Waals surface area contributed by atoms with Crippen molar-refractivity contribution >= 4 is 33.0 Å². The molecular formula is C12H13N3O4S2. The van der Waals surface area contributed by atoms with E-state index in [0.717, 1.165) is 11.1 Å². The Hall–Kier alpha value is -1.97. The predicted octanol–water partition coefficient (Wildman–Crippen LogP) is 1.14. The number of primary sulfonamides is 1. The van der Waals surface area contributed by atoms with Gasteiger partial charge in [0.25, 0.3) is 0 Å². The van der Waals surface area contributed by atoms with Crippen molar-refractivity contribution in [2.24, 2.45) is 5.14 Å². The fraction of sp³-hybridized carbons (Fsp3) is 0.167. The van der Waals surface area contributed by atoms with Crippen LogP contribution in [-0.4, -0.2) is 31.0 Å². The molecule has 0 saturated heterocycles. The van der Waals surface area contributed by atoms with Crippen LogP contribution in [0.2, 0.25) is 0 Å². The number of carbonyl (C=O) groups is 1. The first-order valence-corrected chi connectivity index (χ1v) is 8.33. The third-order valence-electron chi connectivity index (χ3n) is 2.69. The zero-order valence-electron chi connectivity index (χ0n) is 10.8. The fourth-order valence-electron chi connectivity index (χ4n) is 1.71. The van der Waals surface area contributed by atoms with Crippen molar-refractivity contribution in [3.63, 3.8) is 0 Å². The Morgan fingerprint density at radius 3 is 2.76 bits per heavy atom. The lowest BCUT2D eigenvalue weighted by Gasteiger charge is -2.10. The molecule has 0 atom stereocenters. The molecule has 0 aliphatic heterocycles. The average molecular weight is 327 g/mol. The lowest BCUT2D eigenvalue weighted by molar-refractivity contribution is 0.0697. The van der Waals surface area contributed by atoms with E-state index in [-0.39, 0.29) is 10.5 Å². The van der Waals surface area contributed by atoms with Gasteiger partial charge in [0, 0.05) is 30.2 Å². The van der Waals surface area contributed by atoms with Crippen molar-refractivity contribution < 1.29 is 18.3 Å². The van der Waals surface area contributed by atoms with E-state index in [1.165, 1.54) is 23.5 Å². The van der Waals surface area contributed by atoms with E-state index >= 15 is 0 Å². The van der Waals surface area contributed by atoms with Gasteiger partial charge in [-0.05, 0) is 18.2 Å². The van der Waals surface area contributed by atoms with Gasteiger partial charge in [-0.1, -0.05) is 0 Å². The molecule has 9 heteroatoms. The highest BCUT2D eigenvalue weighted by Gasteiger charge is 2.15. The maximum absolute atomic E-state index is 11.2. The number of nitrogens with one attached hydrogen (secondary N) is 1. The van der Waals surface area contributed by atoms with Gasteiger partial charge in [-0.3, -0.25) is 0 Å². The minimum atomic E-state index is -3.93. The van der Waals surface area contributed by atoms with E-state index in [4.69, 9.17) is 10.2 Å². The fourth-order valence-corrected chi connectivity index (χ4v) is 2.87. The summed E-state index contributed by atoms with van der Waals surface area (Å²) in [5.74, 6) is -1.22. The summed E-state index contributed by atoms with van der Waals surface area (Å²) < 4.78 is 22.5. The summed E-state index contributed by atoms with van der Waals surface area (Å²) in [7, 11) is -3.93. The second-order valence-corrected chi connectivity index (χ2v) is 6.70. The van der Waals surface area contributed by atoms with Gasteiger partial charge in [0.1, 0.15) is 0 Å². The van der Waals surface area contributed by atoms with E-state index in [0.29, 0.717) is 18.7 Å². The highest BCUT2D eigenvalue weighted by atomic mass is 32.2. The van der Waals surface area contributed by atoms with Crippen LogP contribution in [0.1, 0.15) is 15.4 Å². The van der Waals surface area contributed by atoms with Crippen LogP contribution in [-0.2, 0) is 16.4 Å². The van der Waals surface area contributed by atoms with Crippen LogP contribution >= 0.6 is 11.3 Å². The molecule has 2 aromatic rings. The molecular weight excluding hydrogens is 314 g/mol. The van der Waals surface area contributed by atoms with Crippen LogP contribution in [0.15, 0.2) is 34.7 Å². The van der Waals surface area contributed by atoms with Gasteiger partial charge in [0.15, 0.2) is 0 Å². The largest absolute Gasteiger partial charge is 0.478 e. The van der Waals surface area contributed by atoms with Crippen LogP contribution < -0.4 is 10.5 Å². The van der Waals surface area contributed by atoms with Crippen molar-refractivity contribution in [3.05, 3.63) is 40.3 Å². The number of anilines is 1. The first kappa shape index (κ1) is 15.4. The summed E-state index contributed by atoms with van der Waals surface area (Å²) in [4.78, 5) is 15.1. The molecule has 2 rings (SSSR count). The highest BCUT2D eigenvalue weighted by Crippen LogP contribution is 2.20. The lowest BCUT2D eigenvalue weighted by atomic mass is 10.2. The van der Waals surface area contributed by atoms with Gasteiger partial charge < -0.3 is 10.4 Å². The first-order chi connectivity index (χ1) is 9.88. The minimum absolute atomic E-state index is 0.138. The Labute approximate surface area is 125 Å². The molecule has 21 heavy (non-hydrogen) atoms. The van der Waals surface area contributed by atoms with Gasteiger partial charge in [-0.25, -0.2) is 23.3 Å².